The molecule has 0 spiro atoms. The van der Waals surface area contributed by atoms with Gasteiger partial charge >= 0.3 is 6.03 Å². The van der Waals surface area contributed by atoms with Gasteiger partial charge in [-0.05, 0) is 38.8 Å². The van der Waals surface area contributed by atoms with Crippen molar-refractivity contribution >= 4 is 11.9 Å². The molecule has 0 bridgehead atoms. The largest absolute Gasteiger partial charge is 0.336 e. The van der Waals surface area contributed by atoms with Crippen molar-refractivity contribution in [3.63, 3.8) is 0 Å². The smallest absolute Gasteiger partial charge is 0.317 e. The van der Waals surface area contributed by atoms with Gasteiger partial charge in [0.1, 0.15) is 5.69 Å². The number of carbonyl (C=O) groups is 2. The molecule has 29 heavy (non-hydrogen) atoms. The van der Waals surface area contributed by atoms with E-state index in [4.69, 9.17) is 5.10 Å². The Kier molecular flexibility index (Phi) is 4.84. The van der Waals surface area contributed by atoms with Crippen LogP contribution in [0.1, 0.15) is 55.5 Å². The van der Waals surface area contributed by atoms with Crippen molar-refractivity contribution in [1.29, 1.82) is 0 Å². The van der Waals surface area contributed by atoms with E-state index in [1.807, 2.05) is 56.0 Å². The Hall–Kier alpha value is -2.83. The van der Waals surface area contributed by atoms with Gasteiger partial charge in [-0.25, -0.2) is 9.48 Å². The molecular formula is C22H29N5O2. The summed E-state index contributed by atoms with van der Waals surface area (Å²) < 4.78 is 1.78. The van der Waals surface area contributed by atoms with Crippen LogP contribution in [0.25, 0.3) is 5.69 Å². The van der Waals surface area contributed by atoms with E-state index in [1.54, 1.807) is 9.58 Å². The zero-order chi connectivity index (χ0) is 20.9. The summed E-state index contributed by atoms with van der Waals surface area (Å²) in [6, 6.07) is 9.84. The summed E-state index contributed by atoms with van der Waals surface area (Å²) in [5.74, 6) is 0.267. The van der Waals surface area contributed by atoms with Crippen LogP contribution in [0, 0.1) is 12.8 Å². The monoisotopic (exact) mass is 395 g/mol. The van der Waals surface area contributed by atoms with Crippen molar-refractivity contribution < 1.29 is 9.59 Å². The SMILES string of the molecule is Cc1nn(-c2ccccc2)c2c1C(C(C)C)N(C1CN(C(=O)NC(C)C)C1)C2=O. The molecule has 1 saturated heterocycles. The highest BCUT2D eigenvalue weighted by Gasteiger charge is 2.49. The number of amides is 3. The molecule has 1 unspecified atom stereocenters. The number of carbonyl (C=O) groups excluding carboxylic acids is 2. The van der Waals surface area contributed by atoms with Crippen molar-refractivity contribution in [2.75, 3.05) is 13.1 Å². The third kappa shape index (κ3) is 3.18. The summed E-state index contributed by atoms with van der Waals surface area (Å²) in [4.78, 5) is 29.6. The van der Waals surface area contributed by atoms with Crippen LogP contribution in [-0.2, 0) is 0 Å². The van der Waals surface area contributed by atoms with Gasteiger partial charge < -0.3 is 15.1 Å². The molecule has 2 aliphatic rings. The van der Waals surface area contributed by atoms with Crippen LogP contribution in [0.2, 0.25) is 0 Å². The van der Waals surface area contributed by atoms with E-state index in [9.17, 15) is 9.59 Å². The second-order valence-electron chi connectivity index (χ2n) is 8.66. The lowest BCUT2D eigenvalue weighted by molar-refractivity contribution is 0.0198. The molecule has 1 aromatic carbocycles. The Morgan fingerprint density at radius 3 is 2.38 bits per heavy atom. The zero-order valence-corrected chi connectivity index (χ0v) is 17.7. The molecule has 0 radical (unpaired) electrons. The van der Waals surface area contributed by atoms with E-state index in [-0.39, 0.29) is 36.0 Å². The van der Waals surface area contributed by atoms with Crippen molar-refractivity contribution in [2.24, 2.45) is 5.92 Å². The highest BCUT2D eigenvalue weighted by Crippen LogP contribution is 2.43. The summed E-state index contributed by atoms with van der Waals surface area (Å²) in [7, 11) is 0. The fraction of sp³-hybridized carbons (Fsp3) is 0.500. The first kappa shape index (κ1) is 19.5. The summed E-state index contributed by atoms with van der Waals surface area (Å²) in [5, 5.41) is 7.62. The van der Waals surface area contributed by atoms with Gasteiger partial charge in [0.25, 0.3) is 5.91 Å². The van der Waals surface area contributed by atoms with Crippen LogP contribution in [0.4, 0.5) is 4.79 Å². The summed E-state index contributed by atoms with van der Waals surface area (Å²) in [5.41, 5.74) is 3.48. The van der Waals surface area contributed by atoms with E-state index in [0.717, 1.165) is 16.9 Å². The van der Waals surface area contributed by atoms with Gasteiger partial charge in [-0.15, -0.1) is 0 Å². The molecule has 1 fully saturated rings. The fourth-order valence-electron chi connectivity index (χ4n) is 4.43. The predicted octanol–water partition coefficient (Wildman–Crippen LogP) is 3.14. The fourth-order valence-corrected chi connectivity index (χ4v) is 4.43. The number of urea groups is 1. The molecule has 154 valence electrons. The minimum atomic E-state index is -0.0619. The Morgan fingerprint density at radius 2 is 1.79 bits per heavy atom. The maximum atomic E-state index is 13.6. The van der Waals surface area contributed by atoms with E-state index in [0.29, 0.717) is 18.8 Å². The van der Waals surface area contributed by atoms with Gasteiger partial charge in [0.15, 0.2) is 0 Å². The molecular weight excluding hydrogens is 366 g/mol. The quantitative estimate of drug-likeness (QED) is 0.865. The molecule has 1 aromatic heterocycles. The lowest BCUT2D eigenvalue weighted by atomic mass is 9.94. The molecule has 3 heterocycles. The van der Waals surface area contributed by atoms with Crippen LogP contribution in [0.3, 0.4) is 0 Å². The minimum Gasteiger partial charge on any atom is -0.336 e. The van der Waals surface area contributed by atoms with Crippen molar-refractivity contribution in [1.82, 2.24) is 24.9 Å². The lowest BCUT2D eigenvalue weighted by Gasteiger charge is -2.46. The maximum Gasteiger partial charge on any atom is 0.317 e. The number of nitrogens with zero attached hydrogens (tertiary/aromatic N) is 4. The van der Waals surface area contributed by atoms with Gasteiger partial charge in [0, 0.05) is 24.7 Å². The van der Waals surface area contributed by atoms with E-state index >= 15 is 0 Å². The molecule has 1 atom stereocenters. The molecule has 2 aliphatic heterocycles. The zero-order valence-electron chi connectivity index (χ0n) is 17.7. The summed E-state index contributed by atoms with van der Waals surface area (Å²) in [6.07, 6.45) is 0. The molecule has 4 rings (SSSR count). The number of benzene rings is 1. The van der Waals surface area contributed by atoms with Crippen LogP contribution in [0.15, 0.2) is 30.3 Å². The normalized spacial score (nSPS) is 19.1. The van der Waals surface area contributed by atoms with Crippen LogP contribution < -0.4 is 5.32 Å². The number of fused-ring (bicyclic) bond motifs is 1. The molecule has 7 nitrogen and oxygen atoms in total. The maximum absolute atomic E-state index is 13.6. The number of para-hydroxylation sites is 1. The highest BCUT2D eigenvalue weighted by atomic mass is 16.2. The van der Waals surface area contributed by atoms with Gasteiger partial charge in [0.2, 0.25) is 0 Å². The summed E-state index contributed by atoms with van der Waals surface area (Å²) in [6.45, 7) is 11.3. The minimum absolute atomic E-state index is 0.0112. The average molecular weight is 396 g/mol. The first-order chi connectivity index (χ1) is 13.8. The Morgan fingerprint density at radius 1 is 1.14 bits per heavy atom. The molecule has 7 heteroatoms. The Labute approximate surface area is 171 Å². The first-order valence-corrected chi connectivity index (χ1v) is 10.3. The second kappa shape index (κ2) is 7.21. The molecule has 1 N–H and O–H groups in total. The third-order valence-electron chi connectivity index (χ3n) is 5.73. The number of likely N-dealkylation sites (tertiary alicyclic amines) is 1. The van der Waals surface area contributed by atoms with Gasteiger partial charge in [-0.2, -0.15) is 5.10 Å². The Balaban J connectivity index is 1.64. The van der Waals surface area contributed by atoms with Crippen LogP contribution in [-0.4, -0.2) is 56.7 Å². The second-order valence-corrected chi connectivity index (χ2v) is 8.66. The Bertz CT molecular complexity index is 928. The van der Waals surface area contributed by atoms with Gasteiger partial charge in [-0.1, -0.05) is 32.0 Å². The van der Waals surface area contributed by atoms with Crippen molar-refractivity contribution in [3.8, 4) is 5.69 Å². The van der Waals surface area contributed by atoms with E-state index < -0.39 is 0 Å². The molecule has 2 aromatic rings. The van der Waals surface area contributed by atoms with Crippen LogP contribution >= 0.6 is 0 Å². The number of nitrogens with one attached hydrogen (secondary N) is 1. The van der Waals surface area contributed by atoms with Crippen LogP contribution in [0.5, 0.6) is 0 Å². The number of rotatable bonds is 4. The molecule has 0 saturated carbocycles. The van der Waals surface area contributed by atoms with Crippen molar-refractivity contribution in [2.45, 2.75) is 52.7 Å². The number of aryl methyl sites for hydroxylation is 1. The molecule has 0 aliphatic carbocycles. The third-order valence-corrected chi connectivity index (χ3v) is 5.73. The van der Waals surface area contributed by atoms with E-state index in [1.165, 1.54) is 0 Å². The standard InChI is InChI=1S/C22H29N5O2/c1-13(2)19-18-15(5)24-27(16-9-7-6-8-10-16)20(18)21(28)26(19)17-11-25(12-17)22(29)23-14(3)4/h6-10,13-14,17,19H,11-12H2,1-5H3,(H,23,29). The van der Waals surface area contributed by atoms with Gasteiger partial charge in [0.05, 0.1) is 23.5 Å². The molecule has 3 amide bonds. The summed E-state index contributed by atoms with van der Waals surface area (Å²) >= 11 is 0. The topological polar surface area (TPSA) is 70.5 Å². The van der Waals surface area contributed by atoms with Gasteiger partial charge in [-0.3, -0.25) is 4.79 Å². The van der Waals surface area contributed by atoms with E-state index in [2.05, 4.69) is 19.2 Å². The number of hydrogen-bond acceptors (Lipinski definition) is 3. The van der Waals surface area contributed by atoms with Crippen molar-refractivity contribution in [3.05, 3.63) is 47.3 Å². The average Bonchev–Trinajstić information content (AvgIpc) is 3.10. The first-order valence-electron chi connectivity index (χ1n) is 10.3. The number of aromatic nitrogens is 2. The number of hydrogen-bond donors (Lipinski definition) is 1. The predicted molar refractivity (Wildman–Crippen MR) is 111 cm³/mol. The highest BCUT2D eigenvalue weighted by molar-refractivity contribution is 5.99. The lowest BCUT2D eigenvalue weighted by Crippen LogP contribution is -2.64.